The summed E-state index contributed by atoms with van der Waals surface area (Å²) < 4.78 is 43.9. The van der Waals surface area contributed by atoms with E-state index in [2.05, 4.69) is 9.97 Å². The number of fused-ring (bicyclic) bond motifs is 1. The molecule has 5 nitrogen and oxygen atoms in total. The Labute approximate surface area is 152 Å². The highest BCUT2D eigenvalue weighted by atomic mass is 19.4. The second-order valence-electron chi connectivity index (χ2n) is 6.44. The first-order valence-electron chi connectivity index (χ1n) is 8.46. The third kappa shape index (κ3) is 3.60. The first-order chi connectivity index (χ1) is 12.9. The minimum Gasteiger partial charge on any atom is -0.472 e. The van der Waals surface area contributed by atoms with Crippen LogP contribution in [0.3, 0.4) is 0 Å². The van der Waals surface area contributed by atoms with Gasteiger partial charge in [-0.15, -0.1) is 0 Å². The number of nitrogens with one attached hydrogen (secondary N) is 1. The molecular formula is C19H16F3N3O2. The SMILES string of the molecule is O=C(c1ccc2cc[nH]c2c1)N1CCC(Oc2cc(C(F)(F)F)ccn2)C1. The molecule has 0 aliphatic carbocycles. The number of hydrogen-bond acceptors (Lipinski definition) is 3. The second-order valence-corrected chi connectivity index (χ2v) is 6.44. The number of benzene rings is 1. The van der Waals surface area contributed by atoms with E-state index in [-0.39, 0.29) is 17.9 Å². The van der Waals surface area contributed by atoms with E-state index in [0.717, 1.165) is 29.2 Å². The highest BCUT2D eigenvalue weighted by Gasteiger charge is 2.32. The minimum atomic E-state index is -4.45. The summed E-state index contributed by atoms with van der Waals surface area (Å²) in [6, 6.07) is 9.13. The van der Waals surface area contributed by atoms with Crippen molar-refractivity contribution in [3.8, 4) is 5.88 Å². The lowest BCUT2D eigenvalue weighted by atomic mass is 10.1. The van der Waals surface area contributed by atoms with Crippen LogP contribution in [0.2, 0.25) is 0 Å². The number of pyridine rings is 1. The maximum Gasteiger partial charge on any atom is 0.416 e. The van der Waals surface area contributed by atoms with Gasteiger partial charge in [-0.25, -0.2) is 4.98 Å². The van der Waals surface area contributed by atoms with Crippen LogP contribution in [0.1, 0.15) is 22.3 Å². The van der Waals surface area contributed by atoms with Crippen molar-refractivity contribution >= 4 is 16.8 Å². The standard InChI is InChI=1S/C19H16F3N3O2/c20-19(21,22)14-4-7-24-17(10-14)27-15-5-8-25(11-15)18(26)13-2-1-12-3-6-23-16(12)9-13/h1-4,6-7,9-10,15,23H,5,8,11H2. The normalized spacial score (nSPS) is 17.4. The highest BCUT2D eigenvalue weighted by molar-refractivity contribution is 5.98. The van der Waals surface area contributed by atoms with Crippen molar-refractivity contribution in [1.82, 2.24) is 14.9 Å². The topological polar surface area (TPSA) is 58.2 Å². The number of alkyl halides is 3. The Balaban J connectivity index is 1.43. The van der Waals surface area contributed by atoms with E-state index in [1.165, 1.54) is 0 Å². The van der Waals surface area contributed by atoms with Gasteiger partial charge in [-0.3, -0.25) is 4.79 Å². The summed E-state index contributed by atoms with van der Waals surface area (Å²) >= 11 is 0. The van der Waals surface area contributed by atoms with E-state index < -0.39 is 11.7 Å². The Morgan fingerprint density at radius 3 is 2.89 bits per heavy atom. The van der Waals surface area contributed by atoms with E-state index in [0.29, 0.717) is 25.1 Å². The zero-order valence-electron chi connectivity index (χ0n) is 14.2. The van der Waals surface area contributed by atoms with E-state index in [1.54, 1.807) is 23.2 Å². The lowest BCUT2D eigenvalue weighted by molar-refractivity contribution is -0.137. The predicted octanol–water partition coefficient (Wildman–Crippen LogP) is 3.88. The van der Waals surface area contributed by atoms with Crippen LogP contribution in [0, 0.1) is 0 Å². The molecule has 1 N–H and O–H groups in total. The van der Waals surface area contributed by atoms with Crippen LogP contribution in [-0.2, 0) is 6.18 Å². The number of amides is 1. The van der Waals surface area contributed by atoms with Gasteiger partial charge in [0.25, 0.3) is 5.91 Å². The summed E-state index contributed by atoms with van der Waals surface area (Å²) in [5.74, 6) is -0.216. The molecule has 0 bridgehead atoms. The lowest BCUT2D eigenvalue weighted by Crippen LogP contribution is -2.31. The van der Waals surface area contributed by atoms with Crippen molar-refractivity contribution < 1.29 is 22.7 Å². The summed E-state index contributed by atoms with van der Waals surface area (Å²) in [6.45, 7) is 0.782. The van der Waals surface area contributed by atoms with Gasteiger partial charge in [0.05, 0.1) is 12.1 Å². The summed E-state index contributed by atoms with van der Waals surface area (Å²) in [4.78, 5) is 21.2. The molecule has 0 saturated carbocycles. The summed E-state index contributed by atoms with van der Waals surface area (Å²) in [6.07, 6.45) is -1.43. The molecule has 27 heavy (non-hydrogen) atoms. The summed E-state index contributed by atoms with van der Waals surface area (Å²) in [5.41, 5.74) is 0.626. The molecule has 1 saturated heterocycles. The molecule has 4 rings (SSSR count). The number of aromatic amines is 1. The average Bonchev–Trinajstić information content (AvgIpc) is 3.29. The Hall–Kier alpha value is -3.03. The quantitative estimate of drug-likeness (QED) is 0.756. The Bertz CT molecular complexity index is 983. The molecule has 0 spiro atoms. The van der Waals surface area contributed by atoms with Crippen LogP contribution in [0.25, 0.3) is 10.9 Å². The molecule has 1 fully saturated rings. The largest absolute Gasteiger partial charge is 0.472 e. The van der Waals surface area contributed by atoms with E-state index in [4.69, 9.17) is 4.74 Å². The van der Waals surface area contributed by atoms with Gasteiger partial charge in [0.1, 0.15) is 6.10 Å². The molecule has 1 unspecified atom stereocenters. The number of ether oxygens (including phenoxy) is 1. The number of carbonyl (C=O) groups excluding carboxylic acids is 1. The van der Waals surface area contributed by atoms with Gasteiger partial charge in [0, 0.05) is 42.5 Å². The fraction of sp³-hybridized carbons (Fsp3) is 0.263. The van der Waals surface area contributed by atoms with Crippen molar-refractivity contribution in [1.29, 1.82) is 0 Å². The molecule has 3 aromatic rings. The van der Waals surface area contributed by atoms with Crippen molar-refractivity contribution in [3.05, 3.63) is 59.9 Å². The smallest absolute Gasteiger partial charge is 0.416 e. The maximum atomic E-state index is 12.8. The Kier molecular flexibility index (Phi) is 4.25. The van der Waals surface area contributed by atoms with Crippen LogP contribution in [0.5, 0.6) is 5.88 Å². The monoisotopic (exact) mass is 375 g/mol. The van der Waals surface area contributed by atoms with Gasteiger partial charge >= 0.3 is 6.18 Å². The Morgan fingerprint density at radius 2 is 2.07 bits per heavy atom. The van der Waals surface area contributed by atoms with Crippen LogP contribution >= 0.6 is 0 Å². The van der Waals surface area contributed by atoms with Crippen LogP contribution in [0.15, 0.2) is 48.8 Å². The van der Waals surface area contributed by atoms with E-state index >= 15 is 0 Å². The zero-order chi connectivity index (χ0) is 19.0. The van der Waals surface area contributed by atoms with Gasteiger partial charge in [-0.2, -0.15) is 13.2 Å². The van der Waals surface area contributed by atoms with Gasteiger partial charge in [-0.05, 0) is 29.7 Å². The van der Waals surface area contributed by atoms with Crippen molar-refractivity contribution in [2.75, 3.05) is 13.1 Å². The van der Waals surface area contributed by atoms with Gasteiger partial charge in [-0.1, -0.05) is 6.07 Å². The number of H-pyrrole nitrogens is 1. The number of halogens is 3. The fourth-order valence-electron chi connectivity index (χ4n) is 3.19. The van der Waals surface area contributed by atoms with E-state index in [1.807, 2.05) is 12.1 Å². The second kappa shape index (κ2) is 6.61. The molecule has 1 aliphatic heterocycles. The molecular weight excluding hydrogens is 359 g/mol. The number of nitrogens with zero attached hydrogens (tertiary/aromatic N) is 2. The number of aromatic nitrogens is 2. The third-order valence-corrected chi connectivity index (χ3v) is 4.58. The molecule has 2 aromatic heterocycles. The zero-order valence-corrected chi connectivity index (χ0v) is 14.2. The molecule has 8 heteroatoms. The molecule has 1 aromatic carbocycles. The molecule has 1 aliphatic rings. The van der Waals surface area contributed by atoms with Gasteiger partial charge < -0.3 is 14.6 Å². The summed E-state index contributed by atoms with van der Waals surface area (Å²) in [7, 11) is 0. The highest BCUT2D eigenvalue weighted by Crippen LogP contribution is 2.31. The minimum absolute atomic E-state index is 0.0862. The van der Waals surface area contributed by atoms with Gasteiger partial charge in [0.2, 0.25) is 5.88 Å². The predicted molar refractivity (Wildman–Crippen MR) is 92.5 cm³/mol. The fourth-order valence-corrected chi connectivity index (χ4v) is 3.19. The number of hydrogen-bond donors (Lipinski definition) is 1. The van der Waals surface area contributed by atoms with Crippen molar-refractivity contribution in [2.24, 2.45) is 0 Å². The van der Waals surface area contributed by atoms with Crippen LogP contribution < -0.4 is 4.74 Å². The summed E-state index contributed by atoms with van der Waals surface area (Å²) in [5, 5.41) is 1.02. The number of carbonyl (C=O) groups is 1. The molecule has 1 atom stereocenters. The molecule has 3 heterocycles. The van der Waals surface area contributed by atoms with E-state index in [9.17, 15) is 18.0 Å². The van der Waals surface area contributed by atoms with Crippen molar-refractivity contribution in [3.63, 3.8) is 0 Å². The van der Waals surface area contributed by atoms with Crippen LogP contribution in [0.4, 0.5) is 13.2 Å². The van der Waals surface area contributed by atoms with Crippen molar-refractivity contribution in [2.45, 2.75) is 18.7 Å². The third-order valence-electron chi connectivity index (χ3n) is 4.58. The lowest BCUT2D eigenvalue weighted by Gasteiger charge is -2.17. The van der Waals surface area contributed by atoms with Gasteiger partial charge in [0.15, 0.2) is 0 Å². The van der Waals surface area contributed by atoms with Crippen LogP contribution in [-0.4, -0.2) is 40.0 Å². The molecule has 1 amide bonds. The molecule has 0 radical (unpaired) electrons. The first kappa shape index (κ1) is 17.4. The average molecular weight is 375 g/mol. The number of rotatable bonds is 3. The maximum absolute atomic E-state index is 12.8. The first-order valence-corrected chi connectivity index (χ1v) is 8.46. The molecule has 140 valence electrons. The Morgan fingerprint density at radius 1 is 1.22 bits per heavy atom. The number of likely N-dealkylation sites (tertiary alicyclic amines) is 1.